The number of benzene rings is 4. The Labute approximate surface area is 468 Å². The first-order valence-corrected chi connectivity index (χ1v) is 29.1. The summed E-state index contributed by atoms with van der Waals surface area (Å²) in [6.07, 6.45) is 5.62. The van der Waals surface area contributed by atoms with Crippen LogP contribution in [0.3, 0.4) is 0 Å². The molecule has 0 saturated carbocycles. The molecule has 15 nitrogen and oxygen atoms in total. The largest absolute Gasteiger partial charge is 0.381 e. The minimum Gasteiger partial charge on any atom is -0.381 e. The summed E-state index contributed by atoms with van der Waals surface area (Å²) in [5.74, 6) is -0.880. The van der Waals surface area contributed by atoms with Gasteiger partial charge in [0.1, 0.15) is 12.1 Å². The standard InChI is InChI=1S/C64H85N7O8/c1-43(2)59(72)66-57(51-29-37-78-38-30-51)63(76)70-35-25-44(3)55(70)41-68(33-27-47-13-9-7-10-14-47)61(74)53-21-17-49(18-22-53)50-19-23-54(24-20-50)62(75)69(34-28-48-15-11-8-12-16-48)42-56-45(4)26-36-71(56)64(77)58(52-31-39-79-40-32-52)67-60(73)46(5)65-6/h7-24,43-46,51-52,55-58,65H,25-42H2,1-6H3,(H,66,72)(H,67,73)/t44-,45-,46-,55+,56+,57-,58-/m0/s1. The quantitative estimate of drug-likeness (QED) is 0.0732. The van der Waals surface area contributed by atoms with E-state index in [1.807, 2.05) is 118 Å². The van der Waals surface area contributed by atoms with Crippen molar-refractivity contribution in [2.75, 3.05) is 72.7 Å². The molecule has 6 amide bonds. The van der Waals surface area contributed by atoms with E-state index in [9.17, 15) is 28.8 Å². The molecule has 4 aliphatic rings. The molecule has 0 bridgehead atoms. The number of rotatable bonds is 22. The number of nitrogens with zero attached hydrogens (tertiary/aromatic N) is 4. The zero-order valence-corrected chi connectivity index (χ0v) is 47.4. The molecular weight excluding hydrogens is 995 g/mol. The lowest BCUT2D eigenvalue weighted by Gasteiger charge is -2.37. The predicted molar refractivity (Wildman–Crippen MR) is 307 cm³/mol. The Bertz CT molecular complexity index is 2640. The first-order chi connectivity index (χ1) is 38.2. The second kappa shape index (κ2) is 28.1. The fourth-order valence-corrected chi connectivity index (χ4v) is 11.9. The number of carbonyl (C=O) groups excluding carboxylic acids is 6. The summed E-state index contributed by atoms with van der Waals surface area (Å²) < 4.78 is 11.3. The smallest absolute Gasteiger partial charge is 0.253 e. The lowest BCUT2D eigenvalue weighted by atomic mass is 9.90. The Balaban J connectivity index is 0.989. The molecular formula is C64H85N7O8. The van der Waals surface area contributed by atoms with E-state index in [-0.39, 0.29) is 77.1 Å². The average Bonchev–Trinajstić information content (AvgIpc) is 4.16. The van der Waals surface area contributed by atoms with Crippen molar-refractivity contribution in [1.82, 2.24) is 35.6 Å². The third-order valence-electron chi connectivity index (χ3n) is 17.3. The molecule has 0 aliphatic carbocycles. The normalized spacial score (nSPS) is 21.1. The summed E-state index contributed by atoms with van der Waals surface area (Å²) in [5.41, 5.74) is 5.07. The van der Waals surface area contributed by atoms with Gasteiger partial charge >= 0.3 is 0 Å². The van der Waals surface area contributed by atoms with Crippen LogP contribution < -0.4 is 16.0 Å². The molecule has 424 valence electrons. The van der Waals surface area contributed by atoms with Crippen LogP contribution in [0.1, 0.15) is 105 Å². The Morgan fingerprint density at radius 3 is 1.28 bits per heavy atom. The number of carbonyl (C=O) groups is 6. The van der Waals surface area contributed by atoms with Crippen molar-refractivity contribution >= 4 is 35.4 Å². The lowest BCUT2D eigenvalue weighted by molar-refractivity contribution is -0.141. The molecule has 4 aliphatic heterocycles. The summed E-state index contributed by atoms with van der Waals surface area (Å²) in [4.78, 5) is 93.0. The van der Waals surface area contributed by atoms with Gasteiger partial charge < -0.3 is 45.0 Å². The highest BCUT2D eigenvalue weighted by molar-refractivity contribution is 5.96. The van der Waals surface area contributed by atoms with Crippen molar-refractivity contribution in [3.05, 3.63) is 131 Å². The van der Waals surface area contributed by atoms with E-state index in [4.69, 9.17) is 9.47 Å². The van der Waals surface area contributed by atoms with Crippen molar-refractivity contribution in [2.45, 2.75) is 116 Å². The number of nitrogens with one attached hydrogen (secondary N) is 3. The number of likely N-dealkylation sites (N-methyl/N-ethyl adjacent to an activating group) is 1. The Hall–Kier alpha value is -6.42. The van der Waals surface area contributed by atoms with Gasteiger partial charge in [0, 0.05) is 82.7 Å². The third-order valence-corrected chi connectivity index (χ3v) is 17.3. The highest BCUT2D eigenvalue weighted by Crippen LogP contribution is 2.32. The van der Waals surface area contributed by atoms with Crippen molar-refractivity contribution in [3.63, 3.8) is 0 Å². The molecule has 4 aromatic rings. The lowest BCUT2D eigenvalue weighted by Crippen LogP contribution is -2.58. The third kappa shape index (κ3) is 15.1. The highest BCUT2D eigenvalue weighted by atomic mass is 16.5. The maximum absolute atomic E-state index is 14.8. The fourth-order valence-electron chi connectivity index (χ4n) is 11.9. The van der Waals surface area contributed by atoms with Crippen LogP contribution in [0, 0.1) is 29.6 Å². The summed E-state index contributed by atoms with van der Waals surface area (Å²) in [6.45, 7) is 14.7. The van der Waals surface area contributed by atoms with Crippen LogP contribution in [0.15, 0.2) is 109 Å². The number of likely N-dealkylation sites (tertiary alicyclic amines) is 2. The van der Waals surface area contributed by atoms with E-state index < -0.39 is 18.1 Å². The van der Waals surface area contributed by atoms with Crippen molar-refractivity contribution in [2.24, 2.45) is 29.6 Å². The Kier molecular flexibility index (Phi) is 20.9. The molecule has 0 radical (unpaired) electrons. The van der Waals surface area contributed by atoms with Gasteiger partial charge in [-0.25, -0.2) is 0 Å². The molecule has 4 aromatic carbocycles. The second-order valence-electron chi connectivity index (χ2n) is 22.9. The SMILES string of the molecule is CN[C@@H](C)C(=O)N[C@H](C(=O)N1CC[C@H](C)[C@H]1CN(CCc1ccccc1)C(=O)c1ccc(-c2ccc(C(=O)N(CCc3ccccc3)C[C@@H]3[C@@H](C)CCN3C(=O)[C@@H](NC(=O)C(C)C)C3CCOCC3)cc2)cc1)C1CCOCC1. The molecule has 0 unspecified atom stereocenters. The van der Waals surface area contributed by atoms with E-state index in [1.54, 1.807) is 14.0 Å². The maximum Gasteiger partial charge on any atom is 0.253 e. The second-order valence-corrected chi connectivity index (χ2v) is 22.9. The molecule has 15 heteroatoms. The molecule has 79 heavy (non-hydrogen) atoms. The highest BCUT2D eigenvalue weighted by Gasteiger charge is 2.44. The van der Waals surface area contributed by atoms with E-state index in [2.05, 4.69) is 54.1 Å². The molecule has 7 atom stereocenters. The predicted octanol–water partition coefficient (Wildman–Crippen LogP) is 7.28. The van der Waals surface area contributed by atoms with E-state index in [1.165, 1.54) is 0 Å². The van der Waals surface area contributed by atoms with Crippen molar-refractivity contribution < 1.29 is 38.2 Å². The van der Waals surface area contributed by atoms with Crippen LogP contribution in [-0.2, 0) is 41.5 Å². The van der Waals surface area contributed by atoms with Crippen LogP contribution in [-0.4, -0.2) is 158 Å². The first-order valence-electron chi connectivity index (χ1n) is 29.1. The molecule has 4 heterocycles. The fraction of sp³-hybridized carbons (Fsp3) is 0.531. The summed E-state index contributed by atoms with van der Waals surface area (Å²) in [5, 5.41) is 9.22. The summed E-state index contributed by atoms with van der Waals surface area (Å²) in [7, 11) is 1.73. The van der Waals surface area contributed by atoms with Crippen molar-refractivity contribution in [3.8, 4) is 11.1 Å². The Morgan fingerprint density at radius 1 is 0.532 bits per heavy atom. The minimum atomic E-state index is -0.692. The first kappa shape index (κ1) is 58.7. The number of amides is 6. The van der Waals surface area contributed by atoms with Crippen LogP contribution in [0.2, 0.25) is 0 Å². The number of hydrogen-bond acceptors (Lipinski definition) is 9. The zero-order chi connectivity index (χ0) is 56.0. The van der Waals surface area contributed by atoms with Gasteiger partial charge in [0.15, 0.2) is 0 Å². The summed E-state index contributed by atoms with van der Waals surface area (Å²) in [6, 6.07) is 33.1. The van der Waals surface area contributed by atoms with E-state index in [0.717, 1.165) is 35.1 Å². The Morgan fingerprint density at radius 2 is 0.911 bits per heavy atom. The zero-order valence-electron chi connectivity index (χ0n) is 47.4. The van der Waals surface area contributed by atoms with Gasteiger partial charge in [0.25, 0.3) is 11.8 Å². The van der Waals surface area contributed by atoms with Gasteiger partial charge in [-0.15, -0.1) is 0 Å². The molecule has 4 fully saturated rings. The molecule has 3 N–H and O–H groups in total. The van der Waals surface area contributed by atoms with Gasteiger partial charge in [0.2, 0.25) is 23.6 Å². The van der Waals surface area contributed by atoms with Crippen LogP contribution >= 0.6 is 0 Å². The van der Waals surface area contributed by atoms with E-state index in [0.29, 0.717) is 115 Å². The molecule has 8 rings (SSSR count). The minimum absolute atomic E-state index is 0.0293. The maximum atomic E-state index is 14.8. The van der Waals surface area contributed by atoms with Crippen molar-refractivity contribution in [1.29, 1.82) is 0 Å². The van der Waals surface area contributed by atoms with E-state index >= 15 is 0 Å². The van der Waals surface area contributed by atoms with Gasteiger partial charge in [-0.3, -0.25) is 28.8 Å². The van der Waals surface area contributed by atoms with Crippen LogP contribution in [0.4, 0.5) is 0 Å². The van der Waals surface area contributed by atoms with Gasteiger partial charge in [0.05, 0.1) is 18.1 Å². The number of ether oxygens (including phenoxy) is 2. The topological polar surface area (TPSA) is 170 Å². The summed E-state index contributed by atoms with van der Waals surface area (Å²) >= 11 is 0. The molecule has 4 saturated heterocycles. The van der Waals surface area contributed by atoms with Gasteiger partial charge in [-0.2, -0.15) is 0 Å². The average molecular weight is 1080 g/mol. The molecule has 0 aromatic heterocycles. The number of hydrogen-bond donors (Lipinski definition) is 3. The van der Waals surface area contributed by atoms with Gasteiger partial charge in [-0.05, 0) is 136 Å². The monoisotopic (exact) mass is 1080 g/mol. The van der Waals surface area contributed by atoms with Crippen LogP contribution in [0.5, 0.6) is 0 Å². The van der Waals surface area contributed by atoms with Crippen LogP contribution in [0.25, 0.3) is 11.1 Å². The molecule has 0 spiro atoms. The van der Waals surface area contributed by atoms with Gasteiger partial charge in [-0.1, -0.05) is 113 Å².